The smallest absolute Gasteiger partial charge is 0.331 e. The van der Waals surface area contributed by atoms with Gasteiger partial charge in [0.1, 0.15) is 11.5 Å². The van der Waals surface area contributed by atoms with Crippen molar-refractivity contribution in [2.45, 2.75) is 25.3 Å². The number of carbonyl (C=O) groups is 2. The van der Waals surface area contributed by atoms with Crippen molar-refractivity contribution in [1.29, 1.82) is 0 Å². The van der Waals surface area contributed by atoms with Crippen molar-refractivity contribution in [3.05, 3.63) is 24.3 Å². The first kappa shape index (κ1) is 18.8. The summed E-state index contributed by atoms with van der Waals surface area (Å²) in [5.41, 5.74) is -1.43. The Morgan fingerprint density at radius 3 is 2.30 bits per heavy atom. The zero-order chi connectivity index (χ0) is 17.3. The second kappa shape index (κ2) is 8.99. The Hall–Kier alpha value is -2.28. The summed E-state index contributed by atoms with van der Waals surface area (Å²) >= 11 is 0. The molecular formula is C16H23NO6. The van der Waals surface area contributed by atoms with Crippen LogP contribution in [0.1, 0.15) is 19.8 Å². The number of rotatable bonds is 10. The fourth-order valence-corrected chi connectivity index (χ4v) is 1.90. The van der Waals surface area contributed by atoms with Gasteiger partial charge in [-0.3, -0.25) is 4.79 Å². The summed E-state index contributed by atoms with van der Waals surface area (Å²) in [4.78, 5) is 23.0. The topological polar surface area (TPSA) is 94.1 Å². The average molecular weight is 325 g/mol. The van der Waals surface area contributed by atoms with Gasteiger partial charge in [0.05, 0.1) is 20.3 Å². The summed E-state index contributed by atoms with van der Waals surface area (Å²) in [6, 6.07) is 7.12. The fourth-order valence-electron chi connectivity index (χ4n) is 1.90. The molecule has 0 heterocycles. The van der Waals surface area contributed by atoms with E-state index in [1.165, 1.54) is 14.0 Å². The molecule has 1 atom stereocenters. The van der Waals surface area contributed by atoms with Crippen molar-refractivity contribution < 1.29 is 28.9 Å². The summed E-state index contributed by atoms with van der Waals surface area (Å²) in [7, 11) is 2.97. The lowest BCUT2D eigenvalue weighted by molar-refractivity contribution is -0.149. The molecule has 0 aliphatic heterocycles. The first-order chi connectivity index (χ1) is 10.9. The third kappa shape index (κ3) is 6.15. The van der Waals surface area contributed by atoms with Crippen LogP contribution in [0, 0.1) is 0 Å². The van der Waals surface area contributed by atoms with Crippen molar-refractivity contribution in [2.75, 3.05) is 27.4 Å². The lowest BCUT2D eigenvalue weighted by atomic mass is 10.0. The molecule has 128 valence electrons. The second-order valence-corrected chi connectivity index (χ2v) is 5.25. The number of amides is 1. The standard InChI is InChI=1S/C16H23NO6/c1-16(11-21-2,15(19)20)17-14(18)5-4-10-23-13-8-6-12(22-3)7-9-13/h6-9H,4-5,10-11H2,1-3H3,(H,17,18)(H,19,20). The highest BCUT2D eigenvalue weighted by molar-refractivity contribution is 5.86. The molecule has 0 saturated carbocycles. The van der Waals surface area contributed by atoms with E-state index in [9.17, 15) is 9.59 Å². The van der Waals surface area contributed by atoms with Crippen molar-refractivity contribution in [2.24, 2.45) is 0 Å². The lowest BCUT2D eigenvalue weighted by Gasteiger charge is -2.25. The molecule has 1 aromatic carbocycles. The molecule has 0 aromatic heterocycles. The van der Waals surface area contributed by atoms with Crippen molar-refractivity contribution >= 4 is 11.9 Å². The zero-order valence-electron chi connectivity index (χ0n) is 13.6. The number of hydrogen-bond donors (Lipinski definition) is 2. The van der Waals surface area contributed by atoms with Crippen LogP contribution in [0.2, 0.25) is 0 Å². The van der Waals surface area contributed by atoms with Gasteiger partial charge in [-0.2, -0.15) is 0 Å². The number of benzene rings is 1. The first-order valence-electron chi connectivity index (χ1n) is 7.21. The molecule has 0 radical (unpaired) electrons. The van der Waals surface area contributed by atoms with Crippen LogP contribution in [0.3, 0.4) is 0 Å². The number of ether oxygens (including phenoxy) is 3. The Morgan fingerprint density at radius 2 is 1.78 bits per heavy atom. The van der Waals surface area contributed by atoms with Gasteiger partial charge >= 0.3 is 5.97 Å². The van der Waals surface area contributed by atoms with Gasteiger partial charge in [0.2, 0.25) is 5.91 Å². The maximum atomic E-state index is 11.8. The number of aliphatic carboxylic acids is 1. The molecule has 23 heavy (non-hydrogen) atoms. The number of carboxylic acids is 1. The van der Waals surface area contributed by atoms with Gasteiger partial charge in [0.15, 0.2) is 5.54 Å². The Morgan fingerprint density at radius 1 is 1.17 bits per heavy atom. The maximum absolute atomic E-state index is 11.8. The average Bonchev–Trinajstić information content (AvgIpc) is 2.52. The van der Waals surface area contributed by atoms with Gasteiger partial charge in [-0.05, 0) is 37.6 Å². The Kier molecular flexibility index (Phi) is 7.34. The molecule has 1 amide bonds. The summed E-state index contributed by atoms with van der Waals surface area (Å²) in [6.45, 7) is 1.66. The minimum atomic E-state index is -1.43. The highest BCUT2D eigenvalue weighted by atomic mass is 16.5. The fraction of sp³-hybridized carbons (Fsp3) is 0.500. The molecule has 0 aliphatic rings. The Labute approximate surface area is 135 Å². The Bertz CT molecular complexity index is 516. The maximum Gasteiger partial charge on any atom is 0.331 e. The van der Waals surface area contributed by atoms with E-state index >= 15 is 0 Å². The van der Waals surface area contributed by atoms with E-state index in [2.05, 4.69) is 5.32 Å². The molecule has 7 heteroatoms. The first-order valence-corrected chi connectivity index (χ1v) is 7.21. The van der Waals surface area contributed by atoms with Crippen LogP contribution in [0.15, 0.2) is 24.3 Å². The highest BCUT2D eigenvalue weighted by Crippen LogP contribution is 2.17. The normalized spacial score (nSPS) is 13.0. The molecule has 1 rings (SSSR count). The number of methoxy groups -OCH3 is 2. The van der Waals surface area contributed by atoms with E-state index in [-0.39, 0.29) is 18.9 Å². The van der Waals surface area contributed by atoms with Crippen LogP contribution in [0.4, 0.5) is 0 Å². The van der Waals surface area contributed by atoms with Crippen molar-refractivity contribution in [1.82, 2.24) is 5.32 Å². The molecule has 1 unspecified atom stereocenters. The summed E-state index contributed by atoms with van der Waals surface area (Å²) in [6.07, 6.45) is 0.642. The summed E-state index contributed by atoms with van der Waals surface area (Å²) < 4.78 is 15.4. The molecule has 0 saturated heterocycles. The van der Waals surface area contributed by atoms with Crippen LogP contribution >= 0.6 is 0 Å². The van der Waals surface area contributed by atoms with E-state index in [4.69, 9.17) is 19.3 Å². The minimum Gasteiger partial charge on any atom is -0.497 e. The molecule has 0 spiro atoms. The van der Waals surface area contributed by atoms with Crippen molar-refractivity contribution in [3.8, 4) is 11.5 Å². The minimum absolute atomic E-state index is 0.101. The number of hydrogen-bond acceptors (Lipinski definition) is 5. The van der Waals surface area contributed by atoms with E-state index in [1.807, 2.05) is 0 Å². The quantitative estimate of drug-likeness (QED) is 0.633. The van der Waals surface area contributed by atoms with Crippen LogP contribution in [-0.4, -0.2) is 50.0 Å². The van der Waals surface area contributed by atoms with Gasteiger partial charge < -0.3 is 24.6 Å². The van der Waals surface area contributed by atoms with Crippen LogP contribution in [-0.2, 0) is 14.3 Å². The molecule has 7 nitrogen and oxygen atoms in total. The van der Waals surface area contributed by atoms with E-state index in [1.54, 1.807) is 31.4 Å². The van der Waals surface area contributed by atoms with Crippen LogP contribution in [0.25, 0.3) is 0 Å². The predicted octanol–water partition coefficient (Wildman–Crippen LogP) is 1.46. The van der Waals surface area contributed by atoms with Gasteiger partial charge in [-0.1, -0.05) is 0 Å². The predicted molar refractivity (Wildman–Crippen MR) is 83.8 cm³/mol. The highest BCUT2D eigenvalue weighted by Gasteiger charge is 2.34. The van der Waals surface area contributed by atoms with Crippen LogP contribution < -0.4 is 14.8 Å². The molecule has 0 aliphatic carbocycles. The third-order valence-electron chi connectivity index (χ3n) is 3.20. The summed E-state index contributed by atoms with van der Waals surface area (Å²) in [5.74, 6) is -0.0729. The van der Waals surface area contributed by atoms with Gasteiger partial charge in [0.25, 0.3) is 0 Å². The van der Waals surface area contributed by atoms with Gasteiger partial charge in [0, 0.05) is 13.5 Å². The second-order valence-electron chi connectivity index (χ2n) is 5.25. The van der Waals surface area contributed by atoms with Gasteiger partial charge in [-0.25, -0.2) is 4.79 Å². The van der Waals surface area contributed by atoms with Crippen molar-refractivity contribution in [3.63, 3.8) is 0 Å². The molecule has 0 fully saturated rings. The van der Waals surface area contributed by atoms with E-state index in [0.717, 1.165) is 5.75 Å². The SMILES string of the molecule is COCC(C)(NC(=O)CCCOc1ccc(OC)cc1)C(=O)O. The zero-order valence-corrected chi connectivity index (χ0v) is 13.6. The number of carbonyl (C=O) groups excluding carboxylic acids is 1. The van der Waals surface area contributed by atoms with E-state index in [0.29, 0.717) is 18.8 Å². The van der Waals surface area contributed by atoms with Crippen LogP contribution in [0.5, 0.6) is 11.5 Å². The third-order valence-corrected chi connectivity index (χ3v) is 3.20. The number of carboxylic acid groups (broad SMARTS) is 1. The number of nitrogens with one attached hydrogen (secondary N) is 1. The monoisotopic (exact) mass is 325 g/mol. The Balaban J connectivity index is 2.34. The van der Waals surface area contributed by atoms with E-state index < -0.39 is 11.5 Å². The lowest BCUT2D eigenvalue weighted by Crippen LogP contribution is -2.55. The molecular weight excluding hydrogens is 302 g/mol. The molecule has 0 bridgehead atoms. The largest absolute Gasteiger partial charge is 0.497 e. The molecule has 2 N–H and O–H groups in total. The summed E-state index contributed by atoms with van der Waals surface area (Å²) in [5, 5.41) is 11.6. The molecule has 1 aromatic rings. The van der Waals surface area contributed by atoms with Gasteiger partial charge in [-0.15, -0.1) is 0 Å².